The number of urea groups is 1. The van der Waals surface area contributed by atoms with E-state index in [1.807, 2.05) is 30.3 Å². The van der Waals surface area contributed by atoms with Gasteiger partial charge in [-0.3, -0.25) is 0 Å². The summed E-state index contributed by atoms with van der Waals surface area (Å²) in [6.07, 6.45) is 1.69. The van der Waals surface area contributed by atoms with Crippen LogP contribution >= 0.6 is 0 Å². The maximum atomic E-state index is 12.1. The van der Waals surface area contributed by atoms with Gasteiger partial charge in [-0.2, -0.15) is 5.26 Å². The van der Waals surface area contributed by atoms with Gasteiger partial charge in [0.25, 0.3) is 0 Å². The standard InChI is InChI=1S/C21H25N3O2/c1-24(17-20-10-8-19(16-22)9-11-20)21(25)23-13-5-14-26-15-12-18-6-3-2-4-7-18/h2-4,6-11H,5,12-15,17H2,1H3,(H,23,25). The lowest BCUT2D eigenvalue weighted by Crippen LogP contribution is -2.37. The first-order chi connectivity index (χ1) is 12.7. The summed E-state index contributed by atoms with van der Waals surface area (Å²) in [5.41, 5.74) is 2.88. The molecule has 0 saturated carbocycles. The second kappa shape index (κ2) is 10.9. The summed E-state index contributed by atoms with van der Waals surface area (Å²) in [5.74, 6) is 0. The minimum atomic E-state index is -0.112. The number of ether oxygens (including phenoxy) is 1. The summed E-state index contributed by atoms with van der Waals surface area (Å²) >= 11 is 0. The average molecular weight is 351 g/mol. The lowest BCUT2D eigenvalue weighted by atomic mass is 10.1. The van der Waals surface area contributed by atoms with Gasteiger partial charge in [-0.15, -0.1) is 0 Å². The molecule has 0 heterocycles. The molecule has 2 rings (SSSR count). The van der Waals surface area contributed by atoms with Crippen LogP contribution in [-0.4, -0.2) is 37.7 Å². The summed E-state index contributed by atoms with van der Waals surface area (Å²) in [7, 11) is 1.75. The van der Waals surface area contributed by atoms with Gasteiger partial charge in [-0.05, 0) is 36.1 Å². The fraction of sp³-hybridized carbons (Fsp3) is 0.333. The highest BCUT2D eigenvalue weighted by molar-refractivity contribution is 5.73. The van der Waals surface area contributed by atoms with Crippen molar-refractivity contribution in [1.29, 1.82) is 5.26 Å². The molecule has 0 fully saturated rings. The predicted octanol–water partition coefficient (Wildman–Crippen LogP) is 3.35. The van der Waals surface area contributed by atoms with Crippen LogP contribution < -0.4 is 5.32 Å². The Labute approximate surface area is 155 Å². The van der Waals surface area contributed by atoms with E-state index in [1.54, 1.807) is 24.1 Å². The Kier molecular flexibility index (Phi) is 8.17. The van der Waals surface area contributed by atoms with Crippen molar-refractivity contribution in [2.24, 2.45) is 0 Å². The Morgan fingerprint density at radius 3 is 2.50 bits per heavy atom. The number of amides is 2. The zero-order chi connectivity index (χ0) is 18.6. The van der Waals surface area contributed by atoms with Crippen molar-refractivity contribution in [3.63, 3.8) is 0 Å². The lowest BCUT2D eigenvalue weighted by molar-refractivity contribution is 0.134. The van der Waals surface area contributed by atoms with Gasteiger partial charge >= 0.3 is 6.03 Å². The Bertz CT molecular complexity index is 708. The highest BCUT2D eigenvalue weighted by Gasteiger charge is 2.08. The van der Waals surface area contributed by atoms with Crippen LogP contribution in [0, 0.1) is 11.3 Å². The van der Waals surface area contributed by atoms with E-state index >= 15 is 0 Å². The molecule has 1 N–H and O–H groups in total. The van der Waals surface area contributed by atoms with E-state index in [0.29, 0.717) is 31.9 Å². The predicted molar refractivity (Wildman–Crippen MR) is 102 cm³/mol. The van der Waals surface area contributed by atoms with Gasteiger partial charge < -0.3 is 15.0 Å². The molecule has 0 bridgehead atoms. The topological polar surface area (TPSA) is 65.4 Å². The molecule has 0 unspecified atom stereocenters. The van der Waals surface area contributed by atoms with Crippen LogP contribution in [0.3, 0.4) is 0 Å². The van der Waals surface area contributed by atoms with Crippen LogP contribution in [-0.2, 0) is 17.7 Å². The summed E-state index contributed by atoms with van der Waals surface area (Å²) in [5, 5.41) is 11.7. The third-order valence-corrected chi connectivity index (χ3v) is 3.97. The number of nitrogens with zero attached hydrogens (tertiary/aromatic N) is 2. The highest BCUT2D eigenvalue weighted by Crippen LogP contribution is 2.06. The van der Waals surface area contributed by atoms with Gasteiger partial charge in [0.15, 0.2) is 0 Å². The number of rotatable bonds is 9. The highest BCUT2D eigenvalue weighted by atomic mass is 16.5. The second-order valence-electron chi connectivity index (χ2n) is 6.10. The van der Waals surface area contributed by atoms with Crippen LogP contribution in [0.2, 0.25) is 0 Å². The van der Waals surface area contributed by atoms with E-state index in [9.17, 15) is 4.79 Å². The number of carbonyl (C=O) groups excluding carboxylic acids is 1. The van der Waals surface area contributed by atoms with Gasteiger partial charge in [0.2, 0.25) is 0 Å². The normalized spacial score (nSPS) is 10.2. The molecule has 5 heteroatoms. The van der Waals surface area contributed by atoms with Crippen molar-refractivity contribution in [3.05, 3.63) is 71.3 Å². The van der Waals surface area contributed by atoms with Crippen LogP contribution in [0.15, 0.2) is 54.6 Å². The summed E-state index contributed by atoms with van der Waals surface area (Å²) in [4.78, 5) is 13.7. The molecule has 2 aromatic carbocycles. The van der Waals surface area contributed by atoms with Crippen molar-refractivity contribution in [2.75, 3.05) is 26.8 Å². The molecule has 2 amide bonds. The van der Waals surface area contributed by atoms with Crippen molar-refractivity contribution in [3.8, 4) is 6.07 Å². The SMILES string of the molecule is CN(Cc1ccc(C#N)cc1)C(=O)NCCCOCCc1ccccc1. The molecule has 0 aliphatic carbocycles. The Morgan fingerprint density at radius 2 is 1.81 bits per heavy atom. The van der Waals surface area contributed by atoms with Crippen LogP contribution in [0.25, 0.3) is 0 Å². The summed E-state index contributed by atoms with van der Waals surface area (Å²) in [6.45, 7) is 2.41. The van der Waals surface area contributed by atoms with E-state index in [2.05, 4.69) is 23.5 Å². The van der Waals surface area contributed by atoms with Crippen LogP contribution in [0.4, 0.5) is 4.79 Å². The van der Waals surface area contributed by atoms with Gasteiger partial charge in [-0.1, -0.05) is 42.5 Å². The Balaban J connectivity index is 1.55. The molecule has 0 aliphatic rings. The number of benzene rings is 2. The molecule has 136 valence electrons. The largest absolute Gasteiger partial charge is 0.381 e. The number of nitriles is 1. The molecular formula is C21H25N3O2. The molecule has 0 saturated heterocycles. The van der Waals surface area contributed by atoms with Crippen LogP contribution in [0.1, 0.15) is 23.1 Å². The van der Waals surface area contributed by atoms with Crippen molar-refractivity contribution in [2.45, 2.75) is 19.4 Å². The first-order valence-electron chi connectivity index (χ1n) is 8.78. The number of carbonyl (C=O) groups is 1. The zero-order valence-corrected chi connectivity index (χ0v) is 15.1. The van der Waals surface area contributed by atoms with Crippen molar-refractivity contribution < 1.29 is 9.53 Å². The van der Waals surface area contributed by atoms with E-state index in [0.717, 1.165) is 18.4 Å². The molecule has 0 atom stereocenters. The molecule has 0 aliphatic heterocycles. The monoisotopic (exact) mass is 351 g/mol. The van der Waals surface area contributed by atoms with E-state index < -0.39 is 0 Å². The molecule has 2 aromatic rings. The molecule has 0 spiro atoms. The van der Waals surface area contributed by atoms with Crippen molar-refractivity contribution >= 4 is 6.03 Å². The first-order valence-corrected chi connectivity index (χ1v) is 8.78. The first kappa shape index (κ1) is 19.5. The van der Waals surface area contributed by atoms with Gasteiger partial charge in [0.1, 0.15) is 0 Å². The fourth-order valence-electron chi connectivity index (χ4n) is 2.47. The average Bonchev–Trinajstić information content (AvgIpc) is 2.68. The second-order valence-corrected chi connectivity index (χ2v) is 6.10. The fourth-order valence-corrected chi connectivity index (χ4v) is 2.47. The third-order valence-electron chi connectivity index (χ3n) is 3.97. The van der Waals surface area contributed by atoms with E-state index in [1.165, 1.54) is 5.56 Å². The zero-order valence-electron chi connectivity index (χ0n) is 15.1. The number of hydrogen-bond donors (Lipinski definition) is 1. The lowest BCUT2D eigenvalue weighted by Gasteiger charge is -2.18. The quantitative estimate of drug-likeness (QED) is 0.705. The minimum Gasteiger partial charge on any atom is -0.381 e. The third kappa shape index (κ3) is 6.96. The number of hydrogen-bond acceptors (Lipinski definition) is 3. The molecule has 0 radical (unpaired) electrons. The molecule has 26 heavy (non-hydrogen) atoms. The van der Waals surface area contributed by atoms with E-state index in [-0.39, 0.29) is 6.03 Å². The Morgan fingerprint density at radius 1 is 1.08 bits per heavy atom. The Hall–Kier alpha value is -2.84. The summed E-state index contributed by atoms with van der Waals surface area (Å²) < 4.78 is 5.61. The van der Waals surface area contributed by atoms with Crippen LogP contribution in [0.5, 0.6) is 0 Å². The van der Waals surface area contributed by atoms with Gasteiger partial charge in [0.05, 0.1) is 18.2 Å². The maximum absolute atomic E-state index is 12.1. The van der Waals surface area contributed by atoms with Crippen molar-refractivity contribution in [1.82, 2.24) is 10.2 Å². The van der Waals surface area contributed by atoms with Gasteiger partial charge in [-0.25, -0.2) is 4.79 Å². The molecular weight excluding hydrogens is 326 g/mol. The number of nitrogens with one attached hydrogen (secondary N) is 1. The molecule has 5 nitrogen and oxygen atoms in total. The smallest absolute Gasteiger partial charge is 0.317 e. The van der Waals surface area contributed by atoms with Gasteiger partial charge in [0, 0.05) is 26.7 Å². The van der Waals surface area contributed by atoms with E-state index in [4.69, 9.17) is 10.00 Å². The summed E-state index contributed by atoms with van der Waals surface area (Å²) in [6, 6.07) is 19.5. The maximum Gasteiger partial charge on any atom is 0.317 e. The minimum absolute atomic E-state index is 0.112. The molecule has 0 aromatic heterocycles.